The molecule has 1 heterocycles. The molecule has 0 radical (unpaired) electrons. The van der Waals surface area contributed by atoms with Crippen LogP contribution in [0.2, 0.25) is 0 Å². The first-order valence-electron chi connectivity index (χ1n) is 4.69. The second kappa shape index (κ2) is 5.40. The van der Waals surface area contributed by atoms with Crippen molar-refractivity contribution in [3.8, 4) is 0 Å². The number of aromatic nitrogens is 4. The molecular formula is C10H10N6. The molecule has 6 heteroatoms. The minimum absolute atomic E-state index is 0.337. The van der Waals surface area contributed by atoms with Crippen LogP contribution >= 0.6 is 0 Å². The zero-order valence-corrected chi connectivity index (χ0v) is 8.41. The topological polar surface area (TPSA) is 78.9 Å². The molecule has 0 aliphatic heterocycles. The second-order valence-electron chi connectivity index (χ2n) is 2.90. The zero-order valence-electron chi connectivity index (χ0n) is 8.41. The minimum Gasteiger partial charge on any atom is -0.243 e. The summed E-state index contributed by atoms with van der Waals surface area (Å²) in [6.07, 6.45) is 5.38. The van der Waals surface area contributed by atoms with Crippen LogP contribution in [0.25, 0.3) is 6.08 Å². The summed E-state index contributed by atoms with van der Waals surface area (Å²) in [7, 11) is 0. The minimum atomic E-state index is 0.337. The number of tetrazole rings is 1. The lowest BCUT2D eigenvalue weighted by Gasteiger charge is -1.89. The van der Waals surface area contributed by atoms with Crippen LogP contribution in [-0.2, 0) is 0 Å². The molecule has 0 amide bonds. The fourth-order valence-corrected chi connectivity index (χ4v) is 1.07. The average Bonchev–Trinajstić information content (AvgIpc) is 2.83. The molecule has 0 atom stereocenters. The molecule has 0 fully saturated rings. The molecule has 0 saturated heterocycles. The van der Waals surface area contributed by atoms with E-state index in [4.69, 9.17) is 0 Å². The molecular weight excluding hydrogens is 204 g/mol. The number of hydrogen-bond donors (Lipinski definition) is 2. The Morgan fingerprint density at radius 1 is 1.25 bits per heavy atom. The predicted molar refractivity (Wildman–Crippen MR) is 61.8 cm³/mol. The normalized spacial score (nSPS) is 11.2. The molecule has 0 saturated carbocycles. The highest BCUT2D eigenvalue weighted by atomic mass is 15.5. The van der Waals surface area contributed by atoms with Crippen LogP contribution in [0.1, 0.15) is 5.56 Å². The van der Waals surface area contributed by atoms with E-state index < -0.39 is 0 Å². The highest BCUT2D eigenvalue weighted by molar-refractivity contribution is 5.78. The highest BCUT2D eigenvalue weighted by Crippen LogP contribution is 1.99. The van der Waals surface area contributed by atoms with Crippen molar-refractivity contribution in [2.24, 2.45) is 5.10 Å². The van der Waals surface area contributed by atoms with Gasteiger partial charge in [-0.05, 0) is 16.9 Å². The molecule has 0 aliphatic carbocycles. The highest BCUT2D eigenvalue weighted by Gasteiger charge is 1.89. The first kappa shape index (κ1) is 10.0. The number of allylic oxidation sites excluding steroid dienone is 1. The number of hydrazone groups is 1. The van der Waals surface area contributed by atoms with E-state index in [9.17, 15) is 0 Å². The average molecular weight is 214 g/mol. The van der Waals surface area contributed by atoms with Crippen LogP contribution in [0.5, 0.6) is 0 Å². The van der Waals surface area contributed by atoms with Crippen molar-refractivity contribution in [3.05, 3.63) is 42.0 Å². The molecule has 1 aromatic carbocycles. The van der Waals surface area contributed by atoms with Crippen molar-refractivity contribution in [1.82, 2.24) is 20.6 Å². The van der Waals surface area contributed by atoms with Gasteiger partial charge < -0.3 is 0 Å². The van der Waals surface area contributed by atoms with Crippen LogP contribution in [-0.4, -0.2) is 26.8 Å². The SMILES string of the molecule is C(=Cc1ccccc1)/C=N\Nc1nn[nH]n1. The molecule has 80 valence electrons. The Balaban J connectivity index is 1.83. The van der Waals surface area contributed by atoms with E-state index in [0.29, 0.717) is 5.95 Å². The van der Waals surface area contributed by atoms with E-state index in [1.165, 1.54) is 0 Å². The molecule has 2 aromatic rings. The number of rotatable bonds is 4. The molecule has 16 heavy (non-hydrogen) atoms. The molecule has 0 unspecified atom stereocenters. The first-order chi connectivity index (χ1) is 7.95. The van der Waals surface area contributed by atoms with Gasteiger partial charge in [0.2, 0.25) is 0 Å². The van der Waals surface area contributed by atoms with Gasteiger partial charge in [-0.1, -0.05) is 41.5 Å². The zero-order chi connectivity index (χ0) is 11.1. The monoisotopic (exact) mass is 214 g/mol. The van der Waals surface area contributed by atoms with Gasteiger partial charge in [0, 0.05) is 6.21 Å². The Bertz CT molecular complexity index is 459. The molecule has 0 aliphatic rings. The van der Waals surface area contributed by atoms with E-state index >= 15 is 0 Å². The van der Waals surface area contributed by atoms with Crippen molar-refractivity contribution < 1.29 is 0 Å². The number of nitrogens with zero attached hydrogens (tertiary/aromatic N) is 4. The van der Waals surface area contributed by atoms with E-state index in [2.05, 4.69) is 31.2 Å². The first-order valence-corrected chi connectivity index (χ1v) is 4.69. The Labute approximate surface area is 92.1 Å². The van der Waals surface area contributed by atoms with Crippen molar-refractivity contribution >= 4 is 18.2 Å². The van der Waals surface area contributed by atoms with Crippen molar-refractivity contribution in [3.63, 3.8) is 0 Å². The molecule has 0 spiro atoms. The lowest BCUT2D eigenvalue weighted by Crippen LogP contribution is -1.90. The summed E-state index contributed by atoms with van der Waals surface area (Å²) >= 11 is 0. The smallest absolute Gasteiger partial charge is 0.243 e. The van der Waals surface area contributed by atoms with Gasteiger partial charge in [0.15, 0.2) is 0 Å². The largest absolute Gasteiger partial charge is 0.283 e. The number of benzene rings is 1. The van der Waals surface area contributed by atoms with Crippen LogP contribution < -0.4 is 5.43 Å². The second-order valence-corrected chi connectivity index (χ2v) is 2.90. The maximum Gasteiger partial charge on any atom is 0.283 e. The van der Waals surface area contributed by atoms with Gasteiger partial charge >= 0.3 is 0 Å². The lowest BCUT2D eigenvalue weighted by atomic mass is 10.2. The molecule has 2 rings (SSSR count). The van der Waals surface area contributed by atoms with Gasteiger partial charge in [-0.25, -0.2) is 5.43 Å². The summed E-state index contributed by atoms with van der Waals surface area (Å²) < 4.78 is 0. The van der Waals surface area contributed by atoms with Crippen LogP contribution in [0.4, 0.5) is 5.95 Å². The lowest BCUT2D eigenvalue weighted by molar-refractivity contribution is 0.881. The maximum atomic E-state index is 3.88. The van der Waals surface area contributed by atoms with Gasteiger partial charge in [0.1, 0.15) is 0 Å². The quantitative estimate of drug-likeness (QED) is 0.594. The number of hydrogen-bond acceptors (Lipinski definition) is 5. The Morgan fingerprint density at radius 3 is 2.88 bits per heavy atom. The Kier molecular flexibility index (Phi) is 3.38. The summed E-state index contributed by atoms with van der Waals surface area (Å²) in [6.45, 7) is 0. The third-order valence-corrected chi connectivity index (χ3v) is 1.76. The van der Waals surface area contributed by atoms with Crippen molar-refractivity contribution in [2.75, 3.05) is 5.43 Å². The molecule has 1 aromatic heterocycles. The Hall–Kier alpha value is -2.50. The van der Waals surface area contributed by atoms with Crippen LogP contribution in [0, 0.1) is 0 Å². The summed E-state index contributed by atoms with van der Waals surface area (Å²) in [6, 6.07) is 9.96. The van der Waals surface area contributed by atoms with Crippen LogP contribution in [0.15, 0.2) is 41.5 Å². The number of anilines is 1. The van der Waals surface area contributed by atoms with Crippen molar-refractivity contribution in [2.45, 2.75) is 0 Å². The number of nitrogens with one attached hydrogen (secondary N) is 2. The number of H-pyrrole nitrogens is 1. The fourth-order valence-electron chi connectivity index (χ4n) is 1.07. The summed E-state index contributed by atoms with van der Waals surface area (Å²) in [5, 5.41) is 16.9. The van der Waals surface area contributed by atoms with Gasteiger partial charge in [0.25, 0.3) is 5.95 Å². The van der Waals surface area contributed by atoms with E-state index in [1.807, 2.05) is 42.5 Å². The van der Waals surface area contributed by atoms with Gasteiger partial charge in [-0.15, -0.1) is 5.10 Å². The van der Waals surface area contributed by atoms with Gasteiger partial charge in [-0.2, -0.15) is 10.3 Å². The van der Waals surface area contributed by atoms with E-state index in [-0.39, 0.29) is 0 Å². The third-order valence-electron chi connectivity index (χ3n) is 1.76. The maximum absolute atomic E-state index is 3.88. The summed E-state index contributed by atoms with van der Waals surface area (Å²) in [4.78, 5) is 0. The summed E-state index contributed by atoms with van der Waals surface area (Å²) in [5.41, 5.74) is 3.73. The number of aromatic amines is 1. The van der Waals surface area contributed by atoms with Crippen molar-refractivity contribution in [1.29, 1.82) is 0 Å². The third kappa shape index (κ3) is 3.02. The van der Waals surface area contributed by atoms with E-state index in [1.54, 1.807) is 6.21 Å². The Morgan fingerprint density at radius 2 is 2.12 bits per heavy atom. The fraction of sp³-hybridized carbons (Fsp3) is 0. The van der Waals surface area contributed by atoms with Gasteiger partial charge in [-0.3, -0.25) is 0 Å². The molecule has 2 N–H and O–H groups in total. The van der Waals surface area contributed by atoms with Gasteiger partial charge in [0.05, 0.1) is 0 Å². The standard InChI is InChI=1S/C10H10N6/c1-2-5-9(6-3-1)7-4-8-11-12-10-13-15-16-14-10/h1-8H,(H2,12,13,14,15,16)/b7-4?,11-8-. The molecule has 0 bridgehead atoms. The van der Waals surface area contributed by atoms with E-state index in [0.717, 1.165) is 5.56 Å². The predicted octanol–water partition coefficient (Wildman–Crippen LogP) is 1.31. The summed E-state index contributed by atoms with van der Waals surface area (Å²) in [5.74, 6) is 0.337. The molecule has 6 nitrogen and oxygen atoms in total. The van der Waals surface area contributed by atoms with Crippen LogP contribution in [0.3, 0.4) is 0 Å².